The molecule has 0 spiro atoms. The van der Waals surface area contributed by atoms with Gasteiger partial charge in [0.1, 0.15) is 18.5 Å². The van der Waals surface area contributed by atoms with E-state index in [1.807, 2.05) is 19.4 Å². The smallest absolute Gasteiger partial charge is 0.457 e. The zero-order chi connectivity index (χ0) is 32.3. The molecule has 0 heterocycles. The van der Waals surface area contributed by atoms with Gasteiger partial charge in [0, 0.05) is 12.7 Å². The number of nitro groups is 1. The molecule has 0 saturated heterocycles. The Morgan fingerprint density at radius 1 is 1.02 bits per heavy atom. The number of nitrogens with zero attached hydrogens (tertiary/aromatic N) is 1. The molecule has 0 aromatic carbocycles. The number of quaternary nitrogens is 1. The van der Waals surface area contributed by atoms with Gasteiger partial charge in [0.05, 0.1) is 45.3 Å². The van der Waals surface area contributed by atoms with Crippen molar-refractivity contribution in [3.63, 3.8) is 0 Å². The van der Waals surface area contributed by atoms with Gasteiger partial charge in [0.2, 0.25) is 0 Å². The molecule has 14 nitrogen and oxygen atoms in total. The molecule has 0 radical (unpaired) electrons. The third-order valence-corrected chi connectivity index (χ3v) is 6.33. The van der Waals surface area contributed by atoms with Crippen LogP contribution in [-0.4, -0.2) is 75.2 Å². The average Bonchev–Trinajstić information content (AvgIpc) is 3.18. The molecule has 0 aromatic heterocycles. The Balaban J connectivity index is 0.00000562. The Labute approximate surface area is 253 Å². The van der Waals surface area contributed by atoms with Crippen molar-refractivity contribution in [2.45, 2.75) is 77.7 Å². The predicted molar refractivity (Wildman–Crippen MR) is 157 cm³/mol. The second-order valence-electron chi connectivity index (χ2n) is 9.23. The number of allylic oxidation sites excluding steroid dienone is 3. The molecule has 1 aliphatic rings. The third-order valence-electron chi connectivity index (χ3n) is 5.27. The topological polar surface area (TPSA) is 187 Å². The number of rotatable bonds is 22. The van der Waals surface area contributed by atoms with E-state index in [0.717, 1.165) is 25.3 Å². The molecule has 43 heavy (non-hydrogen) atoms. The maximum absolute atomic E-state index is 12.3. The van der Waals surface area contributed by atoms with E-state index >= 15 is 0 Å². The van der Waals surface area contributed by atoms with E-state index in [1.165, 1.54) is 57.3 Å². The van der Waals surface area contributed by atoms with Gasteiger partial charge in [0.25, 0.3) is 0 Å². The Morgan fingerprint density at radius 2 is 1.67 bits per heavy atom. The fourth-order valence-electron chi connectivity index (χ4n) is 3.29. The summed E-state index contributed by atoms with van der Waals surface area (Å²) in [7, 11) is -0.310. The predicted octanol–water partition coefficient (Wildman–Crippen LogP) is 4.33. The maximum atomic E-state index is 12.3. The van der Waals surface area contributed by atoms with Crippen LogP contribution in [0.1, 0.15) is 71.6 Å². The molecule has 0 amide bonds. The Morgan fingerprint density at radius 3 is 2.30 bits per heavy atom. The maximum Gasteiger partial charge on any atom is 0.513 e. The molecule has 0 bridgehead atoms. The monoisotopic (exact) mass is 635 g/mol. The molecule has 15 heteroatoms. The lowest BCUT2D eigenvalue weighted by Gasteiger charge is -2.19. The second kappa shape index (κ2) is 25.6. The lowest BCUT2D eigenvalue weighted by molar-refractivity contribution is -0.597. The summed E-state index contributed by atoms with van der Waals surface area (Å²) < 4.78 is 42.0. The molecule has 1 unspecified atom stereocenters. The minimum Gasteiger partial charge on any atom is -0.457 e. The first kappa shape index (κ1) is 40.2. The number of phosphoric acid groups is 1. The largest absolute Gasteiger partial charge is 0.513 e. The van der Waals surface area contributed by atoms with Crippen LogP contribution in [0.3, 0.4) is 0 Å². The van der Waals surface area contributed by atoms with Gasteiger partial charge in [-0.15, -0.1) is 0 Å². The van der Waals surface area contributed by atoms with Gasteiger partial charge >= 0.3 is 25.6 Å². The number of nitrogens with two attached hydrogens (primary N) is 1. The van der Waals surface area contributed by atoms with Crippen LogP contribution < -0.4 is 5.32 Å². The molecule has 3 N–H and O–H groups in total. The van der Waals surface area contributed by atoms with Crippen LogP contribution in [-0.2, 0) is 37.4 Å². The first-order valence-electron chi connectivity index (χ1n) is 14.6. The summed E-state index contributed by atoms with van der Waals surface area (Å²) in [5, 5.41) is 12.8. The van der Waals surface area contributed by atoms with Gasteiger partial charge in [-0.05, 0) is 37.3 Å². The minimum atomic E-state index is -4.31. The summed E-state index contributed by atoms with van der Waals surface area (Å²) in [5.74, 6) is -0.789. The second-order valence-corrected chi connectivity index (χ2v) is 10.7. The number of carbonyl (C=O) groups is 2. The van der Waals surface area contributed by atoms with E-state index in [2.05, 4.69) is 17.2 Å². The van der Waals surface area contributed by atoms with Crippen LogP contribution in [0.15, 0.2) is 41.5 Å². The first-order valence-corrected chi connectivity index (χ1v) is 16.0. The van der Waals surface area contributed by atoms with E-state index in [1.54, 1.807) is 0 Å². The van der Waals surface area contributed by atoms with Crippen molar-refractivity contribution in [2.75, 3.05) is 47.1 Å². The van der Waals surface area contributed by atoms with Gasteiger partial charge < -0.3 is 29.2 Å². The van der Waals surface area contributed by atoms with Crippen LogP contribution in [0.25, 0.3) is 0 Å². The number of ether oxygens (including phenoxy) is 4. The Bertz CT molecular complexity index is 992. The third kappa shape index (κ3) is 23.3. The summed E-state index contributed by atoms with van der Waals surface area (Å²) >= 11 is 0. The number of unbranched alkanes of at least 4 members (excludes halogenated alkanes) is 7. The highest BCUT2D eigenvalue weighted by molar-refractivity contribution is 7.47. The van der Waals surface area contributed by atoms with Gasteiger partial charge in [-0.25, -0.2) is 9.36 Å². The van der Waals surface area contributed by atoms with Crippen LogP contribution in [0.5, 0.6) is 0 Å². The number of carbonyl (C=O) groups excluding carboxylic acids is 2. The highest BCUT2D eigenvalue weighted by Crippen LogP contribution is 2.43. The highest BCUT2D eigenvalue weighted by atomic mass is 31.2. The summed E-state index contributed by atoms with van der Waals surface area (Å²) in [5.41, 5.74) is 2.08. The summed E-state index contributed by atoms with van der Waals surface area (Å²) in [6, 6.07) is 0. The fraction of sp³-hybridized carbons (Fsp3) is 0.679. The van der Waals surface area contributed by atoms with Crippen LogP contribution in [0.2, 0.25) is 0 Å². The molecular formula is C28H48N2O12P+. The van der Waals surface area contributed by atoms with Crippen molar-refractivity contribution in [2.24, 2.45) is 0 Å². The standard InChI is InChI=1S/C26H40NO12P.C2H7N/c1-3-5-6-7-8-9-10-11-18-34-20-24(21-37-40(32,33)36-4-2)38-25(28)17-19-35-26(29)39-23-14-12-13-22(15-16-23)27(30)31;1-3-2/h12,14-16,24H,3-11,17-21H2,1-2H3,(H,32,33);3H,1-2H3/p+1/t24-;/m1./s1. The Hall–Kier alpha value is -2.83. The van der Waals surface area contributed by atoms with Gasteiger partial charge in [-0.3, -0.25) is 24.0 Å². The van der Waals surface area contributed by atoms with Crippen molar-refractivity contribution in [1.29, 1.82) is 0 Å². The van der Waals surface area contributed by atoms with Crippen molar-refractivity contribution >= 4 is 19.9 Å². The molecule has 246 valence electrons. The lowest BCUT2D eigenvalue weighted by atomic mass is 10.1. The first-order chi connectivity index (χ1) is 20.6. The van der Waals surface area contributed by atoms with Crippen LogP contribution >= 0.6 is 7.82 Å². The molecule has 0 aromatic rings. The molecule has 0 saturated carbocycles. The minimum absolute atomic E-state index is 0.0227. The van der Waals surface area contributed by atoms with E-state index in [-0.39, 0.29) is 37.7 Å². The normalized spacial score (nSPS) is 14.3. The highest BCUT2D eigenvalue weighted by Gasteiger charge is 2.25. The van der Waals surface area contributed by atoms with Crippen molar-refractivity contribution < 1.29 is 57.3 Å². The molecule has 0 aliphatic heterocycles. The quantitative estimate of drug-likeness (QED) is 0.0429. The van der Waals surface area contributed by atoms with Crippen LogP contribution in [0.4, 0.5) is 4.79 Å². The number of hydrogen-bond donors (Lipinski definition) is 2. The van der Waals surface area contributed by atoms with E-state index in [4.69, 9.17) is 23.5 Å². The lowest BCUT2D eigenvalue weighted by Crippen LogP contribution is -2.74. The van der Waals surface area contributed by atoms with Crippen molar-refractivity contribution in [3.8, 4) is 0 Å². The van der Waals surface area contributed by atoms with Crippen LogP contribution in [0, 0.1) is 10.1 Å². The Kier molecular flexibility index (Phi) is 24.0. The van der Waals surface area contributed by atoms with E-state index in [9.17, 15) is 29.2 Å². The van der Waals surface area contributed by atoms with Crippen molar-refractivity contribution in [3.05, 3.63) is 51.6 Å². The molecule has 1 aliphatic carbocycles. The average molecular weight is 636 g/mol. The summed E-state index contributed by atoms with van der Waals surface area (Å²) in [6.45, 7) is 3.21. The van der Waals surface area contributed by atoms with Crippen molar-refractivity contribution in [1.82, 2.24) is 0 Å². The number of phosphoric ester groups is 1. The molecule has 1 rings (SSSR count). The van der Waals surface area contributed by atoms with E-state index < -0.39 is 37.6 Å². The van der Waals surface area contributed by atoms with Gasteiger partial charge in [0.15, 0.2) is 0 Å². The zero-order valence-corrected chi connectivity index (χ0v) is 26.6. The number of esters is 1. The summed E-state index contributed by atoms with van der Waals surface area (Å²) in [4.78, 5) is 43.9. The summed E-state index contributed by atoms with van der Waals surface area (Å²) in [6.07, 6.45) is 11.4. The SMILES string of the molecule is CCCCCCCCCCOC[C@H](COP(=O)(O)OCC)OC(=O)CCOC(=O)OC1=CC=C=C([N+](=O)[O-])C=C1.C[NH2+]C. The number of hydrogen-bond acceptors (Lipinski definition) is 11. The zero-order valence-electron chi connectivity index (χ0n) is 25.7. The van der Waals surface area contributed by atoms with Gasteiger partial charge in [-0.2, -0.15) is 0 Å². The molecular weight excluding hydrogens is 587 g/mol. The fourth-order valence-corrected chi connectivity index (χ4v) is 4.05. The molecule has 0 fully saturated rings. The molecule has 2 atom stereocenters. The van der Waals surface area contributed by atoms with Gasteiger partial charge in [-0.1, -0.05) is 51.9 Å². The van der Waals surface area contributed by atoms with E-state index in [0.29, 0.717) is 6.61 Å².